The topological polar surface area (TPSA) is 50.9 Å². The summed E-state index contributed by atoms with van der Waals surface area (Å²) in [7, 11) is 1.96. The molecular weight excluding hydrogens is 270 g/mol. The number of nitrogens with zero attached hydrogens (tertiary/aromatic N) is 3. The maximum absolute atomic E-state index is 10.3. The summed E-state index contributed by atoms with van der Waals surface area (Å²) in [5.41, 5.74) is 0.430. The molecule has 0 atom stereocenters. The quantitative estimate of drug-likeness (QED) is 0.831. The molecule has 0 saturated heterocycles. The van der Waals surface area contributed by atoms with Crippen molar-refractivity contribution in [3.63, 3.8) is 0 Å². The number of hydrogen-bond acceptors (Lipinski definition) is 4. The minimum absolute atomic E-state index is 0.622. The molecular formula is C15H21N3OS. The van der Waals surface area contributed by atoms with Crippen LogP contribution in [0.15, 0.2) is 35.5 Å². The number of benzene rings is 1. The molecule has 5 heteroatoms. The summed E-state index contributed by atoms with van der Waals surface area (Å²) in [6.07, 6.45) is 1.50. The van der Waals surface area contributed by atoms with E-state index in [-0.39, 0.29) is 0 Å². The smallest absolute Gasteiger partial charge is 0.191 e. The third-order valence-electron chi connectivity index (χ3n) is 3.65. The Morgan fingerprint density at radius 2 is 1.80 bits per heavy atom. The third-order valence-corrected chi connectivity index (χ3v) is 4.95. The van der Waals surface area contributed by atoms with Crippen molar-refractivity contribution in [3.05, 3.63) is 30.3 Å². The van der Waals surface area contributed by atoms with Gasteiger partial charge in [0.25, 0.3) is 0 Å². The Morgan fingerprint density at radius 3 is 2.40 bits per heavy atom. The Bertz CT molecular complexity index is 550. The highest BCUT2D eigenvalue weighted by Gasteiger charge is 2.23. The molecule has 0 aliphatic carbocycles. The van der Waals surface area contributed by atoms with Crippen molar-refractivity contribution in [3.8, 4) is 11.4 Å². The van der Waals surface area contributed by atoms with Crippen LogP contribution in [0.1, 0.15) is 26.7 Å². The molecule has 1 aromatic carbocycles. The normalized spacial score (nSPS) is 11.8. The average molecular weight is 291 g/mol. The molecule has 2 rings (SSSR count). The third kappa shape index (κ3) is 3.22. The fourth-order valence-corrected chi connectivity index (χ4v) is 3.12. The predicted octanol–water partition coefficient (Wildman–Crippen LogP) is 3.13. The van der Waals surface area contributed by atoms with Gasteiger partial charge in [-0.05, 0) is 12.8 Å². The van der Waals surface area contributed by atoms with Crippen molar-refractivity contribution in [2.24, 2.45) is 7.05 Å². The molecule has 4 nitrogen and oxygen atoms in total. The van der Waals surface area contributed by atoms with Gasteiger partial charge in [-0.2, -0.15) is 0 Å². The molecule has 1 aromatic heterocycles. The summed E-state index contributed by atoms with van der Waals surface area (Å²) in [5, 5.41) is 19.6. The molecule has 1 N–H and O–H groups in total. The summed E-state index contributed by atoms with van der Waals surface area (Å²) >= 11 is 1.56. The minimum Gasteiger partial charge on any atom is -0.389 e. The molecule has 0 amide bonds. The summed E-state index contributed by atoms with van der Waals surface area (Å²) in [6.45, 7) is 4.02. The first-order valence-corrected chi connectivity index (χ1v) is 7.88. The van der Waals surface area contributed by atoms with Crippen LogP contribution < -0.4 is 0 Å². The van der Waals surface area contributed by atoms with E-state index in [2.05, 4.69) is 10.2 Å². The van der Waals surface area contributed by atoms with Crippen molar-refractivity contribution in [2.45, 2.75) is 37.4 Å². The second-order valence-corrected chi connectivity index (χ2v) is 5.89. The second kappa shape index (κ2) is 6.41. The first kappa shape index (κ1) is 15.1. The van der Waals surface area contributed by atoms with E-state index in [4.69, 9.17) is 0 Å². The van der Waals surface area contributed by atoms with Crippen LogP contribution in [-0.4, -0.2) is 31.2 Å². The lowest BCUT2D eigenvalue weighted by Crippen LogP contribution is -2.29. The van der Waals surface area contributed by atoms with Crippen molar-refractivity contribution >= 4 is 11.8 Å². The molecule has 0 aliphatic rings. The van der Waals surface area contributed by atoms with Gasteiger partial charge in [0.1, 0.15) is 0 Å². The van der Waals surface area contributed by atoms with Gasteiger partial charge >= 0.3 is 0 Å². The van der Waals surface area contributed by atoms with E-state index >= 15 is 0 Å². The molecule has 20 heavy (non-hydrogen) atoms. The number of aliphatic hydroxyl groups is 1. The predicted molar refractivity (Wildman–Crippen MR) is 82.7 cm³/mol. The lowest BCUT2D eigenvalue weighted by Gasteiger charge is -2.24. The second-order valence-electron chi connectivity index (χ2n) is 4.95. The van der Waals surface area contributed by atoms with E-state index in [1.54, 1.807) is 11.8 Å². The van der Waals surface area contributed by atoms with E-state index in [9.17, 15) is 5.11 Å². The van der Waals surface area contributed by atoms with Gasteiger partial charge in [0.05, 0.1) is 5.60 Å². The first-order chi connectivity index (χ1) is 9.59. The Kier molecular flexibility index (Phi) is 4.83. The summed E-state index contributed by atoms with van der Waals surface area (Å²) < 4.78 is 1.98. The molecule has 0 unspecified atom stereocenters. The zero-order valence-corrected chi connectivity index (χ0v) is 13.0. The molecule has 2 aromatic rings. The average Bonchev–Trinajstić information content (AvgIpc) is 2.87. The fraction of sp³-hybridized carbons (Fsp3) is 0.467. The Morgan fingerprint density at radius 1 is 1.15 bits per heavy atom. The fourth-order valence-electron chi connectivity index (χ4n) is 1.93. The standard InChI is InChI=1S/C15H21N3OS/c1-4-15(19,5-2)11-20-14-17-16-13(18(14)3)12-9-7-6-8-10-12/h6-10,19H,4-5,11H2,1-3H3. The molecule has 0 saturated carbocycles. The SMILES string of the molecule is CCC(O)(CC)CSc1nnc(-c2ccccc2)n1C. The number of aromatic nitrogens is 3. The lowest BCUT2D eigenvalue weighted by atomic mass is 10.0. The van der Waals surface area contributed by atoms with E-state index in [1.807, 2.05) is 55.8 Å². The summed E-state index contributed by atoms with van der Waals surface area (Å²) in [4.78, 5) is 0. The van der Waals surface area contributed by atoms with Gasteiger partial charge in [0.15, 0.2) is 11.0 Å². The van der Waals surface area contributed by atoms with Gasteiger partial charge in [-0.25, -0.2) is 0 Å². The van der Waals surface area contributed by atoms with Crippen LogP contribution in [0.2, 0.25) is 0 Å². The molecule has 0 radical (unpaired) electrons. The molecule has 0 aliphatic heterocycles. The maximum atomic E-state index is 10.3. The van der Waals surface area contributed by atoms with Gasteiger partial charge in [-0.3, -0.25) is 0 Å². The lowest BCUT2D eigenvalue weighted by molar-refractivity contribution is 0.0571. The Labute approximate surface area is 124 Å². The Balaban J connectivity index is 2.14. The number of hydrogen-bond donors (Lipinski definition) is 1. The van der Waals surface area contributed by atoms with Crippen molar-refractivity contribution in [1.82, 2.24) is 14.8 Å². The molecule has 0 spiro atoms. The monoisotopic (exact) mass is 291 g/mol. The molecule has 1 heterocycles. The zero-order valence-electron chi connectivity index (χ0n) is 12.2. The van der Waals surface area contributed by atoms with Crippen LogP contribution in [0, 0.1) is 0 Å². The highest BCUT2D eigenvalue weighted by Crippen LogP contribution is 2.27. The first-order valence-electron chi connectivity index (χ1n) is 6.89. The van der Waals surface area contributed by atoms with Crippen molar-refractivity contribution < 1.29 is 5.11 Å². The minimum atomic E-state index is -0.622. The Hall–Kier alpha value is -1.33. The van der Waals surface area contributed by atoms with Crippen molar-refractivity contribution in [1.29, 1.82) is 0 Å². The van der Waals surface area contributed by atoms with E-state index in [0.29, 0.717) is 5.75 Å². The number of thioether (sulfide) groups is 1. The van der Waals surface area contributed by atoms with Crippen LogP contribution in [0.3, 0.4) is 0 Å². The van der Waals surface area contributed by atoms with Gasteiger partial charge < -0.3 is 9.67 Å². The van der Waals surface area contributed by atoms with Crippen LogP contribution in [0.4, 0.5) is 0 Å². The van der Waals surface area contributed by atoms with Crippen LogP contribution in [0.5, 0.6) is 0 Å². The highest BCUT2D eigenvalue weighted by atomic mass is 32.2. The highest BCUT2D eigenvalue weighted by molar-refractivity contribution is 7.99. The van der Waals surface area contributed by atoms with Crippen molar-refractivity contribution in [2.75, 3.05) is 5.75 Å². The van der Waals surface area contributed by atoms with Crippen LogP contribution in [-0.2, 0) is 7.05 Å². The number of rotatable bonds is 6. The van der Waals surface area contributed by atoms with Gasteiger partial charge in [0, 0.05) is 18.4 Å². The van der Waals surface area contributed by atoms with Gasteiger partial charge in [-0.1, -0.05) is 55.9 Å². The summed E-state index contributed by atoms with van der Waals surface area (Å²) in [5.74, 6) is 1.49. The van der Waals surface area contributed by atoms with Crippen LogP contribution >= 0.6 is 11.8 Å². The van der Waals surface area contributed by atoms with Gasteiger partial charge in [0.2, 0.25) is 0 Å². The largest absolute Gasteiger partial charge is 0.389 e. The van der Waals surface area contributed by atoms with Crippen LogP contribution in [0.25, 0.3) is 11.4 Å². The van der Waals surface area contributed by atoms with E-state index in [1.165, 1.54) is 0 Å². The van der Waals surface area contributed by atoms with Gasteiger partial charge in [-0.15, -0.1) is 10.2 Å². The van der Waals surface area contributed by atoms with E-state index in [0.717, 1.165) is 29.4 Å². The molecule has 0 bridgehead atoms. The molecule has 108 valence electrons. The van der Waals surface area contributed by atoms with E-state index < -0.39 is 5.60 Å². The maximum Gasteiger partial charge on any atom is 0.191 e. The molecule has 0 fully saturated rings. The summed E-state index contributed by atoms with van der Waals surface area (Å²) in [6, 6.07) is 10.0. The zero-order chi connectivity index (χ0) is 14.6.